The fraction of sp³-hybridized carbons (Fsp3) is 0.917. The van der Waals surface area contributed by atoms with E-state index in [0.717, 1.165) is 0 Å². The summed E-state index contributed by atoms with van der Waals surface area (Å²) in [6.07, 6.45) is 1.20. The van der Waals surface area contributed by atoms with Crippen molar-refractivity contribution in [3.05, 3.63) is 0 Å². The summed E-state index contributed by atoms with van der Waals surface area (Å²) in [7, 11) is 1.63. The lowest BCUT2D eigenvalue weighted by Gasteiger charge is -2.38. The minimum Gasteiger partial charge on any atom is -0.383 e. The summed E-state index contributed by atoms with van der Waals surface area (Å²) in [6.45, 7) is 6.26. The lowest BCUT2D eigenvalue weighted by molar-refractivity contribution is -0.143. The predicted octanol–water partition coefficient (Wildman–Crippen LogP) is 0.378. The molecule has 0 aliphatic carbocycles. The van der Waals surface area contributed by atoms with Gasteiger partial charge in [0.15, 0.2) is 0 Å². The van der Waals surface area contributed by atoms with Crippen LogP contribution in [0.25, 0.3) is 0 Å². The highest BCUT2D eigenvalue weighted by molar-refractivity contribution is 5.86. The number of ether oxygens (including phenoxy) is 2. The van der Waals surface area contributed by atoms with E-state index in [1.807, 2.05) is 13.8 Å². The summed E-state index contributed by atoms with van der Waals surface area (Å²) in [5.41, 5.74) is 5.45. The molecule has 17 heavy (non-hydrogen) atoms. The topological polar surface area (TPSA) is 64.8 Å². The normalized spacial score (nSPS) is 19.4. The van der Waals surface area contributed by atoms with Crippen molar-refractivity contribution in [3.8, 4) is 0 Å². The maximum Gasteiger partial charge on any atom is 0.243 e. The number of methoxy groups -OCH3 is 1. The van der Waals surface area contributed by atoms with Crippen molar-refractivity contribution < 1.29 is 14.3 Å². The van der Waals surface area contributed by atoms with Crippen molar-refractivity contribution in [2.45, 2.75) is 38.3 Å². The molecule has 0 bridgehead atoms. The van der Waals surface area contributed by atoms with Gasteiger partial charge < -0.3 is 20.1 Å². The van der Waals surface area contributed by atoms with Gasteiger partial charge in [0.25, 0.3) is 0 Å². The van der Waals surface area contributed by atoms with Gasteiger partial charge in [-0.3, -0.25) is 4.79 Å². The smallest absolute Gasteiger partial charge is 0.243 e. The number of amides is 1. The number of carbonyl (C=O) groups is 1. The first-order chi connectivity index (χ1) is 8.01. The highest BCUT2D eigenvalue weighted by Gasteiger charge is 2.39. The zero-order chi connectivity index (χ0) is 12.9. The quantitative estimate of drug-likeness (QED) is 0.759. The van der Waals surface area contributed by atoms with Crippen molar-refractivity contribution in [1.82, 2.24) is 4.90 Å². The van der Waals surface area contributed by atoms with Gasteiger partial charge in [0.1, 0.15) is 0 Å². The SMILES string of the molecule is COCCN(C(=O)C1(N)CCOCC1)C(C)C. The predicted molar refractivity (Wildman–Crippen MR) is 65.7 cm³/mol. The number of carbonyl (C=O) groups excluding carboxylic acids is 1. The van der Waals surface area contributed by atoms with E-state index >= 15 is 0 Å². The first-order valence-corrected chi connectivity index (χ1v) is 6.18. The van der Waals surface area contributed by atoms with Crippen LogP contribution in [-0.2, 0) is 14.3 Å². The molecule has 0 atom stereocenters. The Balaban J connectivity index is 2.68. The average Bonchev–Trinajstić information content (AvgIpc) is 2.30. The molecular formula is C12H24N2O3. The molecule has 1 heterocycles. The van der Waals surface area contributed by atoms with Gasteiger partial charge in [-0.15, -0.1) is 0 Å². The summed E-state index contributed by atoms with van der Waals surface area (Å²) in [6, 6.07) is 0.140. The Morgan fingerprint density at radius 2 is 2.06 bits per heavy atom. The maximum absolute atomic E-state index is 12.5. The van der Waals surface area contributed by atoms with Crippen LogP contribution in [0.5, 0.6) is 0 Å². The lowest BCUT2D eigenvalue weighted by atomic mass is 9.89. The van der Waals surface area contributed by atoms with Gasteiger partial charge in [-0.2, -0.15) is 0 Å². The third-order valence-corrected chi connectivity index (χ3v) is 3.23. The Bertz CT molecular complexity index is 250. The number of hydrogen-bond acceptors (Lipinski definition) is 4. The summed E-state index contributed by atoms with van der Waals surface area (Å²) in [5.74, 6) is 0.0212. The van der Waals surface area contributed by atoms with Gasteiger partial charge in [-0.05, 0) is 26.7 Å². The second-order valence-corrected chi connectivity index (χ2v) is 4.85. The third-order valence-electron chi connectivity index (χ3n) is 3.23. The van der Waals surface area contributed by atoms with E-state index in [1.54, 1.807) is 12.0 Å². The number of rotatable bonds is 5. The molecule has 0 radical (unpaired) electrons. The molecule has 1 aliphatic rings. The first kappa shape index (κ1) is 14.4. The molecule has 5 heteroatoms. The van der Waals surface area contributed by atoms with E-state index in [9.17, 15) is 4.79 Å². The van der Waals surface area contributed by atoms with Gasteiger partial charge in [-0.25, -0.2) is 0 Å². The Hall–Kier alpha value is -0.650. The third kappa shape index (κ3) is 3.66. The minimum absolute atomic E-state index is 0.0212. The summed E-state index contributed by atoms with van der Waals surface area (Å²) < 4.78 is 10.3. The number of nitrogens with zero attached hydrogens (tertiary/aromatic N) is 1. The molecular weight excluding hydrogens is 220 g/mol. The van der Waals surface area contributed by atoms with Crippen molar-refractivity contribution in [1.29, 1.82) is 0 Å². The lowest BCUT2D eigenvalue weighted by Crippen LogP contribution is -2.59. The van der Waals surface area contributed by atoms with E-state index in [0.29, 0.717) is 39.2 Å². The molecule has 1 aliphatic heterocycles. The van der Waals surface area contributed by atoms with Crippen LogP contribution in [0.1, 0.15) is 26.7 Å². The molecule has 0 aromatic rings. The standard InChI is InChI=1S/C12H24N2O3/c1-10(2)14(6-9-16-3)11(15)12(13)4-7-17-8-5-12/h10H,4-9,13H2,1-3H3. The van der Waals surface area contributed by atoms with Crippen molar-refractivity contribution >= 4 is 5.91 Å². The second-order valence-electron chi connectivity index (χ2n) is 4.85. The van der Waals surface area contributed by atoms with Crippen LogP contribution in [0, 0.1) is 0 Å². The van der Waals surface area contributed by atoms with Gasteiger partial charge >= 0.3 is 0 Å². The zero-order valence-corrected chi connectivity index (χ0v) is 11.1. The molecule has 1 saturated heterocycles. The average molecular weight is 244 g/mol. The van der Waals surface area contributed by atoms with E-state index in [-0.39, 0.29) is 11.9 Å². The molecule has 0 aromatic heterocycles. The van der Waals surface area contributed by atoms with E-state index in [4.69, 9.17) is 15.2 Å². The van der Waals surface area contributed by atoms with Crippen LogP contribution in [0.3, 0.4) is 0 Å². The van der Waals surface area contributed by atoms with Gasteiger partial charge in [-0.1, -0.05) is 0 Å². The van der Waals surface area contributed by atoms with Crippen LogP contribution >= 0.6 is 0 Å². The zero-order valence-electron chi connectivity index (χ0n) is 11.1. The summed E-state index contributed by atoms with van der Waals surface area (Å²) in [5, 5.41) is 0. The molecule has 1 amide bonds. The van der Waals surface area contributed by atoms with E-state index < -0.39 is 5.54 Å². The van der Waals surface area contributed by atoms with Crippen LogP contribution in [0.4, 0.5) is 0 Å². The van der Waals surface area contributed by atoms with Crippen molar-refractivity contribution in [3.63, 3.8) is 0 Å². The van der Waals surface area contributed by atoms with Crippen LogP contribution < -0.4 is 5.73 Å². The minimum atomic E-state index is -0.754. The highest BCUT2D eigenvalue weighted by Crippen LogP contribution is 2.21. The van der Waals surface area contributed by atoms with Crippen LogP contribution in [0.15, 0.2) is 0 Å². The monoisotopic (exact) mass is 244 g/mol. The molecule has 1 fully saturated rings. The Morgan fingerprint density at radius 3 is 2.53 bits per heavy atom. The molecule has 0 unspecified atom stereocenters. The molecule has 100 valence electrons. The fourth-order valence-electron chi connectivity index (χ4n) is 2.02. The van der Waals surface area contributed by atoms with Crippen LogP contribution in [0.2, 0.25) is 0 Å². The van der Waals surface area contributed by atoms with Crippen LogP contribution in [-0.4, -0.2) is 55.9 Å². The van der Waals surface area contributed by atoms with E-state index in [1.165, 1.54) is 0 Å². The fourth-order valence-corrected chi connectivity index (χ4v) is 2.02. The molecule has 2 N–H and O–H groups in total. The highest BCUT2D eigenvalue weighted by atomic mass is 16.5. The van der Waals surface area contributed by atoms with Crippen molar-refractivity contribution in [2.75, 3.05) is 33.5 Å². The molecule has 0 spiro atoms. The maximum atomic E-state index is 12.5. The van der Waals surface area contributed by atoms with Gasteiger partial charge in [0, 0.05) is 32.9 Å². The van der Waals surface area contributed by atoms with Gasteiger partial charge in [0.05, 0.1) is 12.1 Å². The second kappa shape index (κ2) is 6.33. The first-order valence-electron chi connectivity index (χ1n) is 6.18. The van der Waals surface area contributed by atoms with E-state index in [2.05, 4.69) is 0 Å². The Kier molecular flexibility index (Phi) is 5.36. The van der Waals surface area contributed by atoms with Gasteiger partial charge in [0.2, 0.25) is 5.91 Å². The van der Waals surface area contributed by atoms with Crippen molar-refractivity contribution in [2.24, 2.45) is 5.73 Å². The summed E-state index contributed by atoms with van der Waals surface area (Å²) >= 11 is 0. The number of hydrogen-bond donors (Lipinski definition) is 1. The Labute approximate surface area is 103 Å². The summed E-state index contributed by atoms with van der Waals surface area (Å²) in [4.78, 5) is 14.3. The molecule has 0 aromatic carbocycles. The molecule has 5 nitrogen and oxygen atoms in total. The molecule has 0 saturated carbocycles. The number of nitrogens with two attached hydrogens (primary N) is 1. The largest absolute Gasteiger partial charge is 0.383 e. The Morgan fingerprint density at radius 1 is 1.47 bits per heavy atom. The molecule has 1 rings (SSSR count).